The third kappa shape index (κ3) is 5.13. The van der Waals surface area contributed by atoms with Gasteiger partial charge in [0.25, 0.3) is 5.91 Å². The van der Waals surface area contributed by atoms with Gasteiger partial charge in [-0.1, -0.05) is 42.5 Å². The number of para-hydroxylation sites is 2. The number of fused-ring (bicyclic) bond motifs is 1. The lowest BCUT2D eigenvalue weighted by Gasteiger charge is -2.35. The van der Waals surface area contributed by atoms with Gasteiger partial charge >= 0.3 is 0 Å². The van der Waals surface area contributed by atoms with Crippen molar-refractivity contribution in [3.63, 3.8) is 0 Å². The lowest BCUT2D eigenvalue weighted by molar-refractivity contribution is -0.128. The third-order valence-electron chi connectivity index (χ3n) is 4.84. The maximum Gasteiger partial charge on any atom is 0.262 e. The van der Waals surface area contributed by atoms with Gasteiger partial charge in [-0.25, -0.2) is 0 Å². The molecule has 1 aliphatic heterocycles. The van der Waals surface area contributed by atoms with E-state index < -0.39 is 12.1 Å². The molecule has 0 spiro atoms. The Morgan fingerprint density at radius 2 is 1.79 bits per heavy atom. The maximum atomic E-state index is 12.7. The second kappa shape index (κ2) is 9.23. The molecule has 2 atom stereocenters. The molecule has 7 heteroatoms. The molecule has 0 saturated carbocycles. The highest BCUT2D eigenvalue weighted by atomic mass is 16.5. The second-order valence-electron chi connectivity index (χ2n) is 6.99. The Morgan fingerprint density at radius 1 is 1.10 bits per heavy atom. The number of hydrogen-bond acceptors (Lipinski definition) is 5. The Balaban J connectivity index is 1.71. The SMILES string of the molecule is CNC(=O)[C@H]1CN(CC(=O)N[C@@H](Cc2ccccc2)C(C)=O)c2ccccc2O1. The van der Waals surface area contributed by atoms with Crippen LogP contribution >= 0.6 is 0 Å². The molecule has 2 aromatic carbocycles. The van der Waals surface area contributed by atoms with Crippen LogP contribution < -0.4 is 20.3 Å². The van der Waals surface area contributed by atoms with Crippen LogP contribution in [0.15, 0.2) is 54.6 Å². The summed E-state index contributed by atoms with van der Waals surface area (Å²) in [5.74, 6) is -0.0931. The largest absolute Gasteiger partial charge is 0.477 e. The summed E-state index contributed by atoms with van der Waals surface area (Å²) in [6.45, 7) is 1.74. The number of amides is 2. The van der Waals surface area contributed by atoms with E-state index in [0.717, 1.165) is 11.3 Å². The molecule has 3 rings (SSSR count). The van der Waals surface area contributed by atoms with Crippen molar-refractivity contribution in [2.75, 3.05) is 25.0 Å². The number of nitrogens with one attached hydrogen (secondary N) is 2. The zero-order valence-corrected chi connectivity index (χ0v) is 16.6. The first-order valence-electron chi connectivity index (χ1n) is 9.54. The van der Waals surface area contributed by atoms with Crippen molar-refractivity contribution in [1.29, 1.82) is 0 Å². The van der Waals surface area contributed by atoms with Crippen molar-refractivity contribution in [2.24, 2.45) is 0 Å². The van der Waals surface area contributed by atoms with Gasteiger partial charge in [-0.3, -0.25) is 14.4 Å². The highest BCUT2D eigenvalue weighted by Crippen LogP contribution is 2.32. The number of benzene rings is 2. The molecule has 1 heterocycles. The number of ether oxygens (including phenoxy) is 1. The van der Waals surface area contributed by atoms with Crippen molar-refractivity contribution >= 4 is 23.3 Å². The van der Waals surface area contributed by atoms with Gasteiger partial charge in [-0.2, -0.15) is 0 Å². The van der Waals surface area contributed by atoms with Crippen LogP contribution in [0.2, 0.25) is 0 Å². The summed E-state index contributed by atoms with van der Waals surface area (Å²) in [5.41, 5.74) is 1.72. The molecule has 2 aromatic rings. The molecule has 0 unspecified atom stereocenters. The highest BCUT2D eigenvalue weighted by molar-refractivity contribution is 5.90. The van der Waals surface area contributed by atoms with Crippen LogP contribution in [0.1, 0.15) is 12.5 Å². The fourth-order valence-corrected chi connectivity index (χ4v) is 3.31. The molecular weight excluding hydrogens is 370 g/mol. The summed E-state index contributed by atoms with van der Waals surface area (Å²) in [5, 5.41) is 5.41. The van der Waals surface area contributed by atoms with Gasteiger partial charge in [-0.05, 0) is 31.0 Å². The molecule has 0 saturated heterocycles. The first kappa shape index (κ1) is 20.4. The summed E-state index contributed by atoms with van der Waals surface area (Å²) in [7, 11) is 1.55. The number of hydrogen-bond donors (Lipinski definition) is 2. The van der Waals surface area contributed by atoms with Crippen LogP contribution in [0.4, 0.5) is 5.69 Å². The van der Waals surface area contributed by atoms with Crippen LogP contribution in [0.5, 0.6) is 5.75 Å². The van der Waals surface area contributed by atoms with E-state index in [1.54, 1.807) is 18.0 Å². The normalized spacial score (nSPS) is 16.2. The minimum atomic E-state index is -0.712. The fraction of sp³-hybridized carbons (Fsp3) is 0.318. The first-order chi connectivity index (χ1) is 14.0. The number of nitrogens with zero attached hydrogens (tertiary/aromatic N) is 1. The van der Waals surface area contributed by atoms with E-state index in [-0.39, 0.29) is 30.7 Å². The van der Waals surface area contributed by atoms with Gasteiger partial charge in [-0.15, -0.1) is 0 Å². The number of likely N-dealkylation sites (N-methyl/N-ethyl adjacent to an activating group) is 1. The number of ketones is 1. The first-order valence-corrected chi connectivity index (χ1v) is 9.54. The Kier molecular flexibility index (Phi) is 6.49. The Labute approximate surface area is 170 Å². The van der Waals surface area contributed by atoms with Gasteiger partial charge in [0.05, 0.1) is 24.8 Å². The molecule has 7 nitrogen and oxygen atoms in total. The summed E-state index contributed by atoms with van der Waals surface area (Å²) < 4.78 is 5.76. The molecule has 0 radical (unpaired) electrons. The van der Waals surface area contributed by atoms with E-state index in [2.05, 4.69) is 10.6 Å². The highest BCUT2D eigenvalue weighted by Gasteiger charge is 2.31. The van der Waals surface area contributed by atoms with Crippen molar-refractivity contribution in [2.45, 2.75) is 25.5 Å². The average molecular weight is 395 g/mol. The number of carbonyl (C=O) groups excluding carboxylic acids is 3. The van der Waals surface area contributed by atoms with Crippen LogP contribution in [-0.4, -0.2) is 49.9 Å². The standard InChI is InChI=1S/C22H25N3O4/c1-15(26)17(12-16-8-4-3-5-9-16)24-21(27)14-25-13-20(22(28)23-2)29-19-11-7-6-10-18(19)25/h3-11,17,20H,12-14H2,1-2H3,(H,23,28)(H,24,27)/t17-,20+/m0/s1. The van der Waals surface area contributed by atoms with Crippen LogP contribution in [0.3, 0.4) is 0 Å². The molecule has 2 amide bonds. The summed E-state index contributed by atoms with van der Waals surface area (Å²) >= 11 is 0. The number of Topliss-reactive ketones (excluding diaryl/α,β-unsaturated/α-hetero) is 1. The van der Waals surface area contributed by atoms with Crippen molar-refractivity contribution in [1.82, 2.24) is 10.6 Å². The third-order valence-corrected chi connectivity index (χ3v) is 4.84. The Morgan fingerprint density at radius 3 is 2.48 bits per heavy atom. The lowest BCUT2D eigenvalue weighted by Crippen LogP contribution is -2.52. The van der Waals surface area contributed by atoms with Crippen LogP contribution in [-0.2, 0) is 20.8 Å². The summed E-state index contributed by atoms with van der Waals surface area (Å²) in [6.07, 6.45) is -0.279. The van der Waals surface area contributed by atoms with Gasteiger partial charge in [0.15, 0.2) is 11.9 Å². The van der Waals surface area contributed by atoms with Gasteiger partial charge in [0, 0.05) is 7.05 Å². The van der Waals surface area contributed by atoms with E-state index in [4.69, 9.17) is 4.74 Å². The summed E-state index contributed by atoms with van der Waals surface area (Å²) in [4.78, 5) is 38.6. The molecule has 0 fully saturated rings. The van der Waals surface area contributed by atoms with E-state index in [1.807, 2.05) is 48.5 Å². The zero-order valence-electron chi connectivity index (χ0n) is 16.6. The molecule has 152 valence electrons. The summed E-state index contributed by atoms with van der Waals surface area (Å²) in [6, 6.07) is 16.2. The van der Waals surface area contributed by atoms with Crippen LogP contribution in [0.25, 0.3) is 0 Å². The lowest BCUT2D eigenvalue weighted by atomic mass is 10.0. The van der Waals surface area contributed by atoms with Crippen molar-refractivity contribution in [3.05, 3.63) is 60.2 Å². The molecular formula is C22H25N3O4. The van der Waals surface area contributed by atoms with E-state index in [0.29, 0.717) is 12.2 Å². The average Bonchev–Trinajstić information content (AvgIpc) is 2.73. The van der Waals surface area contributed by atoms with Gasteiger partial charge < -0.3 is 20.3 Å². The quantitative estimate of drug-likeness (QED) is 0.738. The van der Waals surface area contributed by atoms with Gasteiger partial charge in [0.1, 0.15) is 5.75 Å². The molecule has 0 aliphatic carbocycles. The molecule has 1 aliphatic rings. The van der Waals surface area contributed by atoms with Gasteiger partial charge in [0.2, 0.25) is 5.91 Å². The topological polar surface area (TPSA) is 87.7 Å². The van der Waals surface area contributed by atoms with Crippen molar-refractivity contribution in [3.8, 4) is 5.75 Å². The monoisotopic (exact) mass is 395 g/mol. The number of rotatable bonds is 7. The van der Waals surface area contributed by atoms with E-state index >= 15 is 0 Å². The van der Waals surface area contributed by atoms with E-state index in [1.165, 1.54) is 6.92 Å². The predicted octanol–water partition coefficient (Wildman–Crippen LogP) is 1.32. The smallest absolute Gasteiger partial charge is 0.262 e. The second-order valence-corrected chi connectivity index (χ2v) is 6.99. The maximum absolute atomic E-state index is 12.7. The molecule has 2 N–H and O–H groups in total. The number of anilines is 1. The molecule has 0 bridgehead atoms. The molecule has 29 heavy (non-hydrogen) atoms. The Bertz CT molecular complexity index is 885. The minimum absolute atomic E-state index is 0.0203. The fourth-order valence-electron chi connectivity index (χ4n) is 3.31. The number of carbonyl (C=O) groups is 3. The predicted molar refractivity (Wildman–Crippen MR) is 110 cm³/mol. The zero-order chi connectivity index (χ0) is 20.8. The van der Waals surface area contributed by atoms with E-state index in [9.17, 15) is 14.4 Å². The minimum Gasteiger partial charge on any atom is -0.477 e. The molecule has 0 aromatic heterocycles. The van der Waals surface area contributed by atoms with Crippen LogP contribution in [0, 0.1) is 0 Å². The Hall–Kier alpha value is -3.35. The van der Waals surface area contributed by atoms with Crippen molar-refractivity contribution < 1.29 is 19.1 Å².